The number of piperazine rings is 1. The zero-order chi connectivity index (χ0) is 20.0. The van der Waals surface area contributed by atoms with Crippen LogP contribution in [0.15, 0.2) is 27.8 Å². The Bertz CT molecular complexity index is 1030. The molecule has 2 N–H and O–H groups in total. The van der Waals surface area contributed by atoms with Crippen molar-refractivity contribution in [2.75, 3.05) is 37.7 Å². The molecule has 2 fully saturated rings. The molecule has 10 heteroatoms. The summed E-state index contributed by atoms with van der Waals surface area (Å²) in [6, 6.07) is 2.67. The van der Waals surface area contributed by atoms with Crippen LogP contribution in [-0.4, -0.2) is 64.0 Å². The van der Waals surface area contributed by atoms with Crippen LogP contribution in [0.4, 0.5) is 5.69 Å². The van der Waals surface area contributed by atoms with Gasteiger partial charge in [0.05, 0.1) is 36.2 Å². The molecule has 9 nitrogen and oxygen atoms in total. The molecule has 1 atom stereocenters. The average Bonchev–Trinajstić information content (AvgIpc) is 3.30. The first-order valence-electron chi connectivity index (χ1n) is 9.82. The standard InChI is InChI=1S/C19H25N7O2S/c1-12-8-25(5-4-20-12)15-6-14(29-24-19(3)10-27-11-19)9-26-16(15)7-21-17(26)18-23-22-13(2)28-18/h6-7,9,12,20,24H,4-5,8,10-11H2,1-3H3. The highest BCUT2D eigenvalue weighted by Gasteiger charge is 2.33. The van der Waals surface area contributed by atoms with E-state index >= 15 is 0 Å². The maximum absolute atomic E-state index is 5.65. The van der Waals surface area contributed by atoms with Crippen LogP contribution in [0.25, 0.3) is 17.2 Å². The molecular formula is C19H25N7O2S. The monoisotopic (exact) mass is 415 g/mol. The van der Waals surface area contributed by atoms with E-state index in [9.17, 15) is 0 Å². The Morgan fingerprint density at radius 2 is 2.21 bits per heavy atom. The van der Waals surface area contributed by atoms with Crippen molar-refractivity contribution in [3.8, 4) is 11.7 Å². The van der Waals surface area contributed by atoms with Gasteiger partial charge < -0.3 is 19.4 Å². The van der Waals surface area contributed by atoms with Gasteiger partial charge in [-0.3, -0.25) is 4.40 Å². The number of hydrogen-bond acceptors (Lipinski definition) is 9. The second-order valence-corrected chi connectivity index (χ2v) is 8.96. The Hall–Kier alpha value is -2.14. The van der Waals surface area contributed by atoms with E-state index in [2.05, 4.69) is 60.6 Å². The molecule has 0 radical (unpaired) electrons. The molecule has 0 amide bonds. The van der Waals surface area contributed by atoms with E-state index in [0.29, 0.717) is 23.6 Å². The Morgan fingerprint density at radius 3 is 2.90 bits per heavy atom. The summed E-state index contributed by atoms with van der Waals surface area (Å²) >= 11 is 1.62. The lowest BCUT2D eigenvalue weighted by Crippen LogP contribution is -2.55. The predicted octanol–water partition coefficient (Wildman–Crippen LogP) is 1.88. The molecule has 29 heavy (non-hydrogen) atoms. The van der Waals surface area contributed by atoms with Crippen molar-refractivity contribution in [3.05, 3.63) is 24.4 Å². The minimum Gasteiger partial charge on any atom is -0.419 e. The van der Waals surface area contributed by atoms with Crippen molar-refractivity contribution in [2.45, 2.75) is 37.2 Å². The van der Waals surface area contributed by atoms with Gasteiger partial charge in [0, 0.05) is 43.7 Å². The largest absolute Gasteiger partial charge is 0.419 e. The maximum Gasteiger partial charge on any atom is 0.284 e. The lowest BCUT2D eigenvalue weighted by Gasteiger charge is -2.38. The molecule has 0 saturated carbocycles. The zero-order valence-electron chi connectivity index (χ0n) is 16.8. The Kier molecular flexibility index (Phi) is 4.73. The fourth-order valence-corrected chi connectivity index (χ4v) is 4.52. The fraction of sp³-hybridized carbons (Fsp3) is 0.526. The Morgan fingerprint density at radius 1 is 1.34 bits per heavy atom. The molecular weight excluding hydrogens is 390 g/mol. The highest BCUT2D eigenvalue weighted by atomic mass is 32.2. The minimum absolute atomic E-state index is 0.00467. The molecule has 5 rings (SSSR count). The van der Waals surface area contributed by atoms with Crippen molar-refractivity contribution in [1.82, 2.24) is 29.6 Å². The van der Waals surface area contributed by atoms with E-state index in [1.54, 1.807) is 18.9 Å². The van der Waals surface area contributed by atoms with Crippen molar-refractivity contribution in [2.24, 2.45) is 0 Å². The summed E-state index contributed by atoms with van der Waals surface area (Å²) in [6.07, 6.45) is 3.97. The summed E-state index contributed by atoms with van der Waals surface area (Å²) in [7, 11) is 0. The second kappa shape index (κ2) is 7.28. The van der Waals surface area contributed by atoms with Gasteiger partial charge in [-0.05, 0) is 31.9 Å². The summed E-state index contributed by atoms with van der Waals surface area (Å²) in [6.45, 7) is 10.5. The molecule has 0 aromatic carbocycles. The molecule has 154 valence electrons. The number of hydrogen-bond donors (Lipinski definition) is 2. The summed E-state index contributed by atoms with van der Waals surface area (Å²) in [5.74, 6) is 1.61. The van der Waals surface area contributed by atoms with Gasteiger partial charge in [-0.2, -0.15) is 0 Å². The van der Waals surface area contributed by atoms with Crippen molar-refractivity contribution in [1.29, 1.82) is 0 Å². The molecule has 1 unspecified atom stereocenters. The summed E-state index contributed by atoms with van der Waals surface area (Å²) in [5.41, 5.74) is 2.20. The number of anilines is 1. The van der Waals surface area contributed by atoms with Gasteiger partial charge in [0.1, 0.15) is 0 Å². The highest BCUT2D eigenvalue weighted by molar-refractivity contribution is 7.97. The summed E-state index contributed by atoms with van der Waals surface area (Å²) in [5, 5.41) is 11.6. The number of ether oxygens (including phenoxy) is 1. The third kappa shape index (κ3) is 3.61. The van der Waals surface area contributed by atoms with E-state index in [0.717, 1.165) is 48.9 Å². The highest BCUT2D eigenvalue weighted by Crippen LogP contribution is 2.32. The number of imidazole rings is 1. The molecule has 3 aromatic rings. The number of nitrogens with zero attached hydrogens (tertiary/aromatic N) is 5. The lowest BCUT2D eigenvalue weighted by molar-refractivity contribution is -0.0510. The molecule has 0 bridgehead atoms. The number of aromatic nitrogens is 4. The van der Waals surface area contributed by atoms with Crippen LogP contribution in [0, 0.1) is 6.92 Å². The van der Waals surface area contributed by atoms with Crippen LogP contribution in [0.5, 0.6) is 0 Å². The van der Waals surface area contributed by atoms with Crippen molar-refractivity contribution < 1.29 is 9.15 Å². The smallest absolute Gasteiger partial charge is 0.284 e. The van der Waals surface area contributed by atoms with Gasteiger partial charge in [-0.15, -0.1) is 10.2 Å². The number of rotatable bonds is 5. The van der Waals surface area contributed by atoms with Gasteiger partial charge in [0.15, 0.2) is 0 Å². The Labute approximate surface area is 173 Å². The van der Waals surface area contributed by atoms with Gasteiger partial charge in [0.25, 0.3) is 5.89 Å². The van der Waals surface area contributed by atoms with Crippen molar-refractivity contribution in [3.63, 3.8) is 0 Å². The number of pyridine rings is 1. The van der Waals surface area contributed by atoms with Crippen LogP contribution >= 0.6 is 11.9 Å². The van der Waals surface area contributed by atoms with E-state index in [1.165, 1.54) is 0 Å². The first-order chi connectivity index (χ1) is 14.0. The molecule has 2 saturated heterocycles. The normalized spacial score (nSPS) is 21.5. The quantitative estimate of drug-likeness (QED) is 0.606. The zero-order valence-corrected chi connectivity index (χ0v) is 17.6. The average molecular weight is 416 g/mol. The molecule has 0 aliphatic carbocycles. The molecule has 5 heterocycles. The predicted molar refractivity (Wildman–Crippen MR) is 111 cm³/mol. The van der Waals surface area contributed by atoms with E-state index in [-0.39, 0.29) is 5.54 Å². The maximum atomic E-state index is 5.65. The minimum atomic E-state index is 0.00467. The SMILES string of the molecule is Cc1nnc(-c2ncc3c(N4CCNC(C)C4)cc(SNC4(C)COC4)cn23)o1. The first-order valence-corrected chi connectivity index (χ1v) is 10.6. The van der Waals surface area contributed by atoms with E-state index in [1.807, 2.05) is 6.20 Å². The molecule has 2 aliphatic heterocycles. The number of fused-ring (bicyclic) bond motifs is 1. The van der Waals surface area contributed by atoms with Crippen LogP contribution in [0.1, 0.15) is 19.7 Å². The van der Waals surface area contributed by atoms with Crippen LogP contribution < -0.4 is 14.9 Å². The fourth-order valence-electron chi connectivity index (χ4n) is 3.71. The van der Waals surface area contributed by atoms with Crippen LogP contribution in [0.3, 0.4) is 0 Å². The third-order valence-corrected chi connectivity index (χ3v) is 6.33. The van der Waals surface area contributed by atoms with Crippen LogP contribution in [-0.2, 0) is 4.74 Å². The topological polar surface area (TPSA) is 92.8 Å². The molecule has 0 spiro atoms. The third-order valence-electron chi connectivity index (χ3n) is 5.28. The van der Waals surface area contributed by atoms with Gasteiger partial charge >= 0.3 is 0 Å². The van der Waals surface area contributed by atoms with Gasteiger partial charge in [-0.1, -0.05) is 0 Å². The number of nitrogens with one attached hydrogen (secondary N) is 2. The summed E-state index contributed by atoms with van der Waals surface area (Å²) in [4.78, 5) is 8.12. The van der Waals surface area contributed by atoms with Crippen molar-refractivity contribution >= 4 is 23.2 Å². The lowest BCUT2D eigenvalue weighted by atomic mass is 10.0. The molecule has 3 aromatic heterocycles. The van der Waals surface area contributed by atoms with Crippen LogP contribution in [0.2, 0.25) is 0 Å². The van der Waals surface area contributed by atoms with E-state index in [4.69, 9.17) is 9.15 Å². The van der Waals surface area contributed by atoms with Gasteiger partial charge in [0.2, 0.25) is 11.7 Å². The first kappa shape index (κ1) is 18.9. The summed E-state index contributed by atoms with van der Waals surface area (Å²) < 4.78 is 16.6. The number of aryl methyl sites for hydroxylation is 1. The molecule has 2 aliphatic rings. The second-order valence-electron chi connectivity index (χ2n) is 8.08. The van der Waals surface area contributed by atoms with Gasteiger partial charge in [-0.25, -0.2) is 9.71 Å². The Balaban J connectivity index is 1.56. The van der Waals surface area contributed by atoms with E-state index < -0.39 is 0 Å².